The van der Waals surface area contributed by atoms with Crippen LogP contribution in [0.2, 0.25) is 5.02 Å². The minimum Gasteiger partial charge on any atom is -0.416 e. The smallest absolute Gasteiger partial charge is 0.277 e. The Morgan fingerprint density at radius 3 is 2.81 bits per heavy atom. The van der Waals surface area contributed by atoms with Crippen LogP contribution in [0.4, 0.5) is 11.4 Å². The molecule has 7 nitrogen and oxygen atoms in total. The van der Waals surface area contributed by atoms with E-state index in [1.807, 2.05) is 32.0 Å². The van der Waals surface area contributed by atoms with Crippen LogP contribution in [0.5, 0.6) is 0 Å². The van der Waals surface area contributed by atoms with Gasteiger partial charge in [-0.25, -0.2) is 0 Å². The highest BCUT2D eigenvalue weighted by atomic mass is 35.5. The fourth-order valence-electron chi connectivity index (χ4n) is 2.55. The van der Waals surface area contributed by atoms with Gasteiger partial charge in [0, 0.05) is 19.0 Å². The summed E-state index contributed by atoms with van der Waals surface area (Å²) in [6.45, 7) is 6.71. The van der Waals surface area contributed by atoms with Crippen LogP contribution in [0, 0.1) is 0 Å². The maximum absolute atomic E-state index is 12.4. The summed E-state index contributed by atoms with van der Waals surface area (Å²) in [6.07, 6.45) is 0. The van der Waals surface area contributed by atoms with Gasteiger partial charge < -0.3 is 19.4 Å². The van der Waals surface area contributed by atoms with Crippen molar-refractivity contribution in [1.29, 1.82) is 0 Å². The minimum absolute atomic E-state index is 0.156. The molecular formula is C17H21ClN4O3S. The summed E-state index contributed by atoms with van der Waals surface area (Å²) >= 11 is 7.59. The van der Waals surface area contributed by atoms with E-state index in [0.29, 0.717) is 35.0 Å². The number of para-hydroxylation sites is 1. The summed E-state index contributed by atoms with van der Waals surface area (Å²) in [5.41, 5.74) is 1.52. The molecule has 0 unspecified atom stereocenters. The molecule has 2 heterocycles. The van der Waals surface area contributed by atoms with Gasteiger partial charge in [-0.1, -0.05) is 43.3 Å². The van der Waals surface area contributed by atoms with Crippen LogP contribution < -0.4 is 10.2 Å². The van der Waals surface area contributed by atoms with Gasteiger partial charge >= 0.3 is 0 Å². The lowest BCUT2D eigenvalue weighted by atomic mass is 10.2. The standard InChI is InChI=1S/C17H21ClN4O3S/c1-11(2)16-20-21-17(25-16)26-10-14(23)19-13-5-3-4-12(18)15(13)22-6-8-24-9-7-22/h3-5,11H,6-10H2,1-2H3,(H,19,23). The second-order valence-electron chi connectivity index (χ2n) is 6.13. The van der Waals surface area contributed by atoms with Gasteiger partial charge in [0.25, 0.3) is 5.22 Å². The van der Waals surface area contributed by atoms with Crippen LogP contribution >= 0.6 is 23.4 Å². The molecule has 0 saturated carbocycles. The Morgan fingerprint density at radius 2 is 2.12 bits per heavy atom. The topological polar surface area (TPSA) is 80.5 Å². The molecule has 140 valence electrons. The number of morpholine rings is 1. The molecule has 1 aliphatic rings. The Labute approximate surface area is 161 Å². The molecule has 1 aliphatic heterocycles. The SMILES string of the molecule is CC(C)c1nnc(SCC(=O)Nc2cccc(Cl)c2N2CCOCC2)o1. The largest absolute Gasteiger partial charge is 0.416 e. The van der Waals surface area contributed by atoms with Gasteiger partial charge in [-0.2, -0.15) is 0 Å². The second kappa shape index (κ2) is 8.75. The summed E-state index contributed by atoms with van der Waals surface area (Å²) in [7, 11) is 0. The lowest BCUT2D eigenvalue weighted by Gasteiger charge is -2.31. The van der Waals surface area contributed by atoms with Crippen molar-refractivity contribution >= 4 is 40.6 Å². The van der Waals surface area contributed by atoms with E-state index in [4.69, 9.17) is 20.8 Å². The zero-order chi connectivity index (χ0) is 18.5. The molecule has 1 aromatic carbocycles. The Kier molecular flexibility index (Phi) is 6.39. The number of anilines is 2. The minimum atomic E-state index is -0.156. The van der Waals surface area contributed by atoms with Gasteiger partial charge in [0.1, 0.15) is 0 Å². The monoisotopic (exact) mass is 396 g/mol. The van der Waals surface area contributed by atoms with Crippen molar-refractivity contribution in [2.45, 2.75) is 25.0 Å². The molecule has 0 aliphatic carbocycles. The molecule has 0 bridgehead atoms. The van der Waals surface area contributed by atoms with E-state index in [1.165, 1.54) is 11.8 Å². The van der Waals surface area contributed by atoms with E-state index >= 15 is 0 Å². The quantitative estimate of drug-likeness (QED) is 0.749. The van der Waals surface area contributed by atoms with Gasteiger partial charge in [-0.3, -0.25) is 4.79 Å². The van der Waals surface area contributed by atoms with Gasteiger partial charge in [-0.15, -0.1) is 10.2 Å². The first-order valence-corrected chi connectivity index (χ1v) is 9.78. The first-order valence-electron chi connectivity index (χ1n) is 8.42. The molecule has 1 fully saturated rings. The number of rotatable bonds is 6. The molecule has 9 heteroatoms. The Morgan fingerprint density at radius 1 is 1.35 bits per heavy atom. The number of hydrogen-bond donors (Lipinski definition) is 1. The second-order valence-corrected chi connectivity index (χ2v) is 7.47. The van der Waals surface area contributed by atoms with Crippen molar-refractivity contribution in [3.63, 3.8) is 0 Å². The zero-order valence-electron chi connectivity index (χ0n) is 14.7. The molecule has 0 spiro atoms. The first kappa shape index (κ1) is 19.0. The average molecular weight is 397 g/mol. The zero-order valence-corrected chi connectivity index (χ0v) is 16.3. The van der Waals surface area contributed by atoms with E-state index in [9.17, 15) is 4.79 Å². The van der Waals surface area contributed by atoms with Crippen molar-refractivity contribution in [3.05, 3.63) is 29.1 Å². The van der Waals surface area contributed by atoms with Crippen molar-refractivity contribution < 1.29 is 13.9 Å². The molecule has 1 amide bonds. The number of nitrogens with zero attached hydrogens (tertiary/aromatic N) is 3. The summed E-state index contributed by atoms with van der Waals surface area (Å²) in [5.74, 6) is 0.746. The maximum atomic E-state index is 12.4. The average Bonchev–Trinajstić information content (AvgIpc) is 3.10. The number of amides is 1. The normalized spacial score (nSPS) is 14.7. The van der Waals surface area contributed by atoms with Gasteiger partial charge in [0.15, 0.2) is 0 Å². The Balaban J connectivity index is 1.64. The van der Waals surface area contributed by atoms with Crippen LogP contribution in [0.25, 0.3) is 0 Å². The molecule has 1 aromatic heterocycles. The maximum Gasteiger partial charge on any atom is 0.277 e. The number of halogens is 1. The summed E-state index contributed by atoms with van der Waals surface area (Å²) < 4.78 is 10.9. The predicted octanol–water partition coefficient (Wildman–Crippen LogP) is 3.41. The van der Waals surface area contributed by atoms with E-state index in [0.717, 1.165) is 18.8 Å². The number of carbonyl (C=O) groups excluding carboxylic acids is 1. The lowest BCUT2D eigenvalue weighted by Crippen LogP contribution is -2.37. The third-order valence-corrected chi connectivity index (χ3v) is 4.95. The van der Waals surface area contributed by atoms with Crippen molar-refractivity contribution in [3.8, 4) is 0 Å². The Bertz CT molecular complexity index is 762. The number of aromatic nitrogens is 2. The highest BCUT2D eigenvalue weighted by Crippen LogP contribution is 2.34. The molecule has 2 aromatic rings. The van der Waals surface area contributed by atoms with Crippen LogP contribution in [-0.4, -0.2) is 48.2 Å². The van der Waals surface area contributed by atoms with Gasteiger partial charge in [-0.05, 0) is 12.1 Å². The molecular weight excluding hydrogens is 376 g/mol. The third-order valence-electron chi connectivity index (χ3n) is 3.83. The van der Waals surface area contributed by atoms with E-state index < -0.39 is 0 Å². The number of benzene rings is 1. The highest BCUT2D eigenvalue weighted by Gasteiger charge is 2.19. The summed E-state index contributed by atoms with van der Waals surface area (Å²) in [5, 5.41) is 11.8. The Hall–Kier alpha value is -1.77. The molecule has 1 saturated heterocycles. The molecule has 26 heavy (non-hydrogen) atoms. The fourth-order valence-corrected chi connectivity index (χ4v) is 3.41. The van der Waals surface area contributed by atoms with Gasteiger partial charge in [0.2, 0.25) is 11.8 Å². The number of ether oxygens (including phenoxy) is 1. The molecule has 0 radical (unpaired) electrons. The number of nitrogens with one attached hydrogen (secondary N) is 1. The van der Waals surface area contributed by atoms with E-state index in [-0.39, 0.29) is 17.6 Å². The number of thioether (sulfide) groups is 1. The van der Waals surface area contributed by atoms with Crippen LogP contribution in [0.3, 0.4) is 0 Å². The fraction of sp³-hybridized carbons (Fsp3) is 0.471. The number of carbonyl (C=O) groups is 1. The molecule has 3 rings (SSSR count). The van der Waals surface area contributed by atoms with Crippen LogP contribution in [0.15, 0.2) is 27.8 Å². The summed E-state index contributed by atoms with van der Waals surface area (Å²) in [4.78, 5) is 14.5. The molecule has 0 atom stereocenters. The van der Waals surface area contributed by atoms with Gasteiger partial charge in [0.05, 0.1) is 35.4 Å². The van der Waals surface area contributed by atoms with Crippen LogP contribution in [0.1, 0.15) is 25.7 Å². The summed E-state index contributed by atoms with van der Waals surface area (Å²) in [6, 6.07) is 5.49. The van der Waals surface area contributed by atoms with Crippen LogP contribution in [-0.2, 0) is 9.53 Å². The first-order chi connectivity index (χ1) is 12.5. The molecule has 1 N–H and O–H groups in total. The van der Waals surface area contributed by atoms with Crippen molar-refractivity contribution in [2.24, 2.45) is 0 Å². The van der Waals surface area contributed by atoms with E-state index in [1.54, 1.807) is 0 Å². The predicted molar refractivity (Wildman–Crippen MR) is 102 cm³/mol. The van der Waals surface area contributed by atoms with Crippen molar-refractivity contribution in [2.75, 3.05) is 42.3 Å². The number of hydrogen-bond acceptors (Lipinski definition) is 7. The highest BCUT2D eigenvalue weighted by molar-refractivity contribution is 7.99. The lowest BCUT2D eigenvalue weighted by molar-refractivity contribution is -0.113. The third kappa shape index (κ3) is 4.69. The van der Waals surface area contributed by atoms with E-state index in [2.05, 4.69) is 20.4 Å². The van der Waals surface area contributed by atoms with Crippen molar-refractivity contribution in [1.82, 2.24) is 10.2 Å².